The second-order valence-electron chi connectivity index (χ2n) is 8.58. The van der Waals surface area contributed by atoms with Crippen molar-refractivity contribution in [1.82, 2.24) is 9.88 Å². The zero-order valence-electron chi connectivity index (χ0n) is 19.8. The van der Waals surface area contributed by atoms with E-state index in [0.717, 1.165) is 43.1 Å². The Morgan fingerprint density at radius 1 is 1.03 bits per heavy atom. The summed E-state index contributed by atoms with van der Waals surface area (Å²) in [5.74, 6) is 1.94. The molecule has 1 unspecified atom stereocenters. The predicted octanol–water partition coefficient (Wildman–Crippen LogP) is 5.16. The molecule has 5 heteroatoms. The first kappa shape index (κ1) is 22.8. The van der Waals surface area contributed by atoms with E-state index in [1.165, 1.54) is 11.1 Å². The first-order valence-electron chi connectivity index (χ1n) is 11.8. The third-order valence-electron chi connectivity index (χ3n) is 6.82. The van der Waals surface area contributed by atoms with Crippen LogP contribution in [0, 0.1) is 0 Å². The summed E-state index contributed by atoms with van der Waals surface area (Å²) < 4.78 is 5.56. The molecule has 4 rings (SSSR count). The summed E-state index contributed by atoms with van der Waals surface area (Å²) in [6.45, 7) is 7.25. The maximum absolute atomic E-state index is 12.9. The fraction of sp³-hybridized carbons (Fsp3) is 0.357. The van der Waals surface area contributed by atoms with E-state index in [4.69, 9.17) is 4.74 Å². The van der Waals surface area contributed by atoms with Gasteiger partial charge in [0.2, 0.25) is 0 Å². The number of carbonyl (C=O) groups excluding carboxylic acids is 1. The van der Waals surface area contributed by atoms with E-state index in [9.17, 15) is 4.79 Å². The molecular weight excluding hydrogens is 410 g/mol. The third kappa shape index (κ3) is 4.58. The number of benzene rings is 2. The number of hydrogen-bond acceptors (Lipinski definition) is 4. The van der Waals surface area contributed by atoms with Gasteiger partial charge < -0.3 is 14.5 Å². The smallest absolute Gasteiger partial charge is 0.253 e. The van der Waals surface area contributed by atoms with E-state index in [0.29, 0.717) is 13.1 Å². The van der Waals surface area contributed by atoms with Gasteiger partial charge in [-0.1, -0.05) is 30.3 Å². The standard InChI is InChI=1S/C28H33N3O2/c1-4-30(5-2)27(32)22-13-15-23(16-14-22)28(24-10-8-11-25(20-24)33-3)17-9-19-31(21-28)26-12-6-7-18-29-26/h6-8,10-16,18,20H,4-5,9,17,19,21H2,1-3H3. The van der Waals surface area contributed by atoms with Crippen LogP contribution in [0.1, 0.15) is 48.2 Å². The zero-order chi connectivity index (χ0) is 23.3. The van der Waals surface area contributed by atoms with Gasteiger partial charge in [0.1, 0.15) is 11.6 Å². The maximum atomic E-state index is 12.9. The van der Waals surface area contributed by atoms with Crippen molar-refractivity contribution in [2.45, 2.75) is 32.1 Å². The fourth-order valence-corrected chi connectivity index (χ4v) is 4.98. The van der Waals surface area contributed by atoms with Gasteiger partial charge in [0.05, 0.1) is 7.11 Å². The molecule has 1 saturated heterocycles. The number of aromatic nitrogens is 1. The zero-order valence-corrected chi connectivity index (χ0v) is 19.8. The highest BCUT2D eigenvalue weighted by Gasteiger charge is 2.39. The molecule has 1 aromatic heterocycles. The molecule has 0 aliphatic carbocycles. The molecule has 33 heavy (non-hydrogen) atoms. The lowest BCUT2D eigenvalue weighted by atomic mass is 9.69. The Bertz CT molecular complexity index is 1060. The van der Waals surface area contributed by atoms with Gasteiger partial charge in [0, 0.05) is 43.4 Å². The van der Waals surface area contributed by atoms with Crippen LogP contribution in [-0.4, -0.2) is 49.1 Å². The van der Waals surface area contributed by atoms with Crippen LogP contribution in [0.4, 0.5) is 5.82 Å². The Kier molecular flexibility index (Phi) is 6.97. The lowest BCUT2D eigenvalue weighted by molar-refractivity contribution is 0.0773. The van der Waals surface area contributed by atoms with E-state index in [2.05, 4.69) is 46.3 Å². The van der Waals surface area contributed by atoms with Crippen LogP contribution in [0.15, 0.2) is 72.9 Å². The maximum Gasteiger partial charge on any atom is 0.253 e. The summed E-state index contributed by atoms with van der Waals surface area (Å²) >= 11 is 0. The highest BCUT2D eigenvalue weighted by molar-refractivity contribution is 5.94. The molecule has 1 fully saturated rings. The van der Waals surface area contributed by atoms with Crippen molar-refractivity contribution in [1.29, 1.82) is 0 Å². The number of nitrogens with zero attached hydrogens (tertiary/aromatic N) is 3. The molecule has 1 aliphatic rings. The van der Waals surface area contributed by atoms with E-state index in [-0.39, 0.29) is 11.3 Å². The van der Waals surface area contributed by atoms with Gasteiger partial charge in [-0.2, -0.15) is 0 Å². The van der Waals surface area contributed by atoms with Crippen LogP contribution < -0.4 is 9.64 Å². The number of methoxy groups -OCH3 is 1. The first-order chi connectivity index (χ1) is 16.1. The van der Waals surface area contributed by atoms with Gasteiger partial charge in [-0.05, 0) is 74.2 Å². The van der Waals surface area contributed by atoms with Crippen LogP contribution in [0.5, 0.6) is 5.75 Å². The molecule has 0 N–H and O–H groups in total. The van der Waals surface area contributed by atoms with Crippen molar-refractivity contribution in [3.63, 3.8) is 0 Å². The molecule has 0 spiro atoms. The number of hydrogen-bond donors (Lipinski definition) is 0. The fourth-order valence-electron chi connectivity index (χ4n) is 4.98. The minimum Gasteiger partial charge on any atom is -0.497 e. The van der Waals surface area contributed by atoms with E-state index >= 15 is 0 Å². The van der Waals surface area contributed by atoms with Crippen LogP contribution in [-0.2, 0) is 5.41 Å². The van der Waals surface area contributed by atoms with Crippen molar-refractivity contribution in [3.05, 3.63) is 89.6 Å². The molecule has 172 valence electrons. The van der Waals surface area contributed by atoms with Gasteiger partial charge >= 0.3 is 0 Å². The van der Waals surface area contributed by atoms with Crippen LogP contribution in [0.2, 0.25) is 0 Å². The van der Waals surface area contributed by atoms with Crippen molar-refractivity contribution >= 4 is 11.7 Å². The number of carbonyl (C=O) groups is 1. The molecule has 1 amide bonds. The number of amides is 1. The van der Waals surface area contributed by atoms with E-state index < -0.39 is 0 Å². The Hall–Kier alpha value is -3.34. The number of ether oxygens (including phenoxy) is 1. The van der Waals surface area contributed by atoms with Crippen molar-refractivity contribution < 1.29 is 9.53 Å². The average Bonchev–Trinajstić information content (AvgIpc) is 2.90. The molecule has 0 saturated carbocycles. The quantitative estimate of drug-likeness (QED) is 0.506. The highest BCUT2D eigenvalue weighted by atomic mass is 16.5. The van der Waals surface area contributed by atoms with Crippen molar-refractivity contribution in [2.75, 3.05) is 38.2 Å². The predicted molar refractivity (Wildman–Crippen MR) is 133 cm³/mol. The second-order valence-corrected chi connectivity index (χ2v) is 8.58. The van der Waals surface area contributed by atoms with Gasteiger partial charge in [-0.15, -0.1) is 0 Å². The molecule has 0 bridgehead atoms. The van der Waals surface area contributed by atoms with Crippen LogP contribution in [0.3, 0.4) is 0 Å². The first-order valence-corrected chi connectivity index (χ1v) is 11.8. The summed E-state index contributed by atoms with van der Waals surface area (Å²) in [5, 5.41) is 0. The van der Waals surface area contributed by atoms with Crippen molar-refractivity contribution in [2.24, 2.45) is 0 Å². The minimum absolute atomic E-state index is 0.0840. The molecule has 2 heterocycles. The second kappa shape index (κ2) is 10.1. The van der Waals surface area contributed by atoms with Crippen LogP contribution >= 0.6 is 0 Å². The summed E-state index contributed by atoms with van der Waals surface area (Å²) in [6.07, 6.45) is 3.92. The Morgan fingerprint density at radius 3 is 2.48 bits per heavy atom. The third-order valence-corrected chi connectivity index (χ3v) is 6.82. The average molecular weight is 444 g/mol. The topological polar surface area (TPSA) is 45.7 Å². The van der Waals surface area contributed by atoms with Crippen LogP contribution in [0.25, 0.3) is 0 Å². The summed E-state index contributed by atoms with van der Waals surface area (Å²) in [6, 6.07) is 22.7. The van der Waals surface area contributed by atoms with Gasteiger partial charge in [0.25, 0.3) is 5.91 Å². The molecule has 1 atom stereocenters. The van der Waals surface area contributed by atoms with Gasteiger partial charge in [-0.3, -0.25) is 4.79 Å². The summed E-state index contributed by atoms with van der Waals surface area (Å²) in [7, 11) is 1.71. The SMILES string of the molecule is CCN(CC)C(=O)c1ccc(C2(c3cccc(OC)c3)CCCN(c3ccccn3)C2)cc1. The highest BCUT2D eigenvalue weighted by Crippen LogP contribution is 2.42. The lowest BCUT2D eigenvalue weighted by Gasteiger charge is -2.44. The molecule has 5 nitrogen and oxygen atoms in total. The summed E-state index contributed by atoms with van der Waals surface area (Å²) in [4.78, 5) is 21.7. The molecule has 1 aliphatic heterocycles. The number of rotatable bonds is 7. The number of anilines is 1. The van der Waals surface area contributed by atoms with Gasteiger partial charge in [-0.25, -0.2) is 4.98 Å². The molecule has 0 radical (unpaired) electrons. The van der Waals surface area contributed by atoms with Crippen molar-refractivity contribution in [3.8, 4) is 5.75 Å². The van der Waals surface area contributed by atoms with E-state index in [1.807, 2.05) is 55.3 Å². The normalized spacial score (nSPS) is 18.1. The monoisotopic (exact) mass is 443 g/mol. The Morgan fingerprint density at radius 2 is 1.82 bits per heavy atom. The molecule has 2 aromatic carbocycles. The summed E-state index contributed by atoms with van der Waals surface area (Å²) in [5.41, 5.74) is 2.96. The minimum atomic E-state index is -0.221. The Labute approximate surface area is 197 Å². The lowest BCUT2D eigenvalue weighted by Crippen LogP contribution is -2.47. The Balaban J connectivity index is 1.76. The largest absolute Gasteiger partial charge is 0.497 e. The molecular formula is C28H33N3O2. The number of pyridine rings is 1. The van der Waals surface area contributed by atoms with Gasteiger partial charge in [0.15, 0.2) is 0 Å². The number of piperidine rings is 1. The molecule has 3 aromatic rings. The van der Waals surface area contributed by atoms with E-state index in [1.54, 1.807) is 7.11 Å².